The van der Waals surface area contributed by atoms with Crippen LogP contribution in [0.25, 0.3) is 0 Å². The molecule has 4 heteroatoms. The maximum Gasteiger partial charge on any atom is 0.240 e. The van der Waals surface area contributed by atoms with E-state index in [4.69, 9.17) is 5.73 Å². The van der Waals surface area contributed by atoms with Gasteiger partial charge in [-0.1, -0.05) is 6.07 Å². The number of nitrogens with two attached hydrogens (primary N) is 1. The highest BCUT2D eigenvalue weighted by Gasteiger charge is 2.12. The van der Waals surface area contributed by atoms with Gasteiger partial charge in [0.1, 0.15) is 0 Å². The van der Waals surface area contributed by atoms with Gasteiger partial charge in [-0.2, -0.15) is 0 Å². The number of carbonyl (C=O) groups excluding carboxylic acids is 1. The molecule has 1 aliphatic carbocycles. The lowest BCUT2D eigenvalue weighted by molar-refractivity contribution is -0.117. The van der Waals surface area contributed by atoms with Gasteiger partial charge in [-0.05, 0) is 49.4 Å². The van der Waals surface area contributed by atoms with E-state index in [-0.39, 0.29) is 18.3 Å². The van der Waals surface area contributed by atoms with E-state index in [1.807, 2.05) is 6.07 Å². The maximum absolute atomic E-state index is 11.4. The molecule has 16 heavy (non-hydrogen) atoms. The molecule has 0 spiro atoms. The molecule has 1 aromatic carbocycles. The summed E-state index contributed by atoms with van der Waals surface area (Å²) < 4.78 is 0. The van der Waals surface area contributed by atoms with Crippen LogP contribution in [0.1, 0.15) is 24.5 Å². The molecule has 2 rings (SSSR count). The number of fused-ring (bicyclic) bond motifs is 1. The predicted octanol–water partition coefficient (Wildman–Crippen LogP) is 1.88. The smallest absolute Gasteiger partial charge is 0.240 e. The van der Waals surface area contributed by atoms with E-state index in [2.05, 4.69) is 17.4 Å². The normalized spacial score (nSPS) is 14.9. The van der Waals surface area contributed by atoms with Gasteiger partial charge in [0.05, 0.1) is 6.04 Å². The maximum atomic E-state index is 11.4. The van der Waals surface area contributed by atoms with Crippen LogP contribution < -0.4 is 11.1 Å². The molecule has 3 N–H and O–H groups in total. The van der Waals surface area contributed by atoms with E-state index in [1.54, 1.807) is 6.92 Å². The molecule has 0 aliphatic heterocycles. The molecule has 1 aliphatic rings. The van der Waals surface area contributed by atoms with E-state index in [1.165, 1.54) is 17.5 Å². The third kappa shape index (κ3) is 2.74. The topological polar surface area (TPSA) is 55.1 Å². The molecular formula is C12H17ClN2O. The molecule has 1 aromatic rings. The van der Waals surface area contributed by atoms with Crippen LogP contribution in [0.3, 0.4) is 0 Å². The SMILES string of the molecule is C[C@H](N)C(=O)Nc1ccc2c(c1)CCC2.Cl. The quantitative estimate of drug-likeness (QED) is 0.830. The van der Waals surface area contributed by atoms with E-state index in [0.29, 0.717) is 0 Å². The van der Waals surface area contributed by atoms with Crippen molar-refractivity contribution < 1.29 is 4.79 Å². The number of nitrogens with one attached hydrogen (secondary N) is 1. The molecule has 0 unspecified atom stereocenters. The molecule has 0 aromatic heterocycles. The van der Waals surface area contributed by atoms with Crippen molar-refractivity contribution >= 4 is 24.0 Å². The zero-order valence-electron chi connectivity index (χ0n) is 9.32. The summed E-state index contributed by atoms with van der Waals surface area (Å²) in [5.41, 5.74) is 9.11. The van der Waals surface area contributed by atoms with Crippen molar-refractivity contribution in [3.63, 3.8) is 0 Å². The molecular weight excluding hydrogens is 224 g/mol. The first kappa shape index (κ1) is 13.0. The van der Waals surface area contributed by atoms with Gasteiger partial charge in [0.25, 0.3) is 0 Å². The summed E-state index contributed by atoms with van der Waals surface area (Å²) >= 11 is 0. The number of anilines is 1. The molecule has 0 saturated heterocycles. The van der Waals surface area contributed by atoms with Crippen LogP contribution in [-0.2, 0) is 17.6 Å². The number of hydrogen-bond acceptors (Lipinski definition) is 2. The second-order valence-electron chi connectivity index (χ2n) is 4.11. The molecule has 3 nitrogen and oxygen atoms in total. The summed E-state index contributed by atoms with van der Waals surface area (Å²) in [5, 5.41) is 2.81. The summed E-state index contributed by atoms with van der Waals surface area (Å²) in [7, 11) is 0. The number of rotatable bonds is 2. The third-order valence-corrected chi connectivity index (χ3v) is 2.78. The highest BCUT2D eigenvalue weighted by molar-refractivity contribution is 5.94. The molecule has 1 atom stereocenters. The van der Waals surface area contributed by atoms with E-state index < -0.39 is 6.04 Å². The Kier molecular flexibility index (Phi) is 4.33. The third-order valence-electron chi connectivity index (χ3n) is 2.78. The van der Waals surface area contributed by atoms with Gasteiger partial charge in [0, 0.05) is 5.69 Å². The molecule has 1 amide bonds. The Morgan fingerprint density at radius 3 is 2.75 bits per heavy atom. The predicted molar refractivity (Wildman–Crippen MR) is 68.0 cm³/mol. The van der Waals surface area contributed by atoms with Gasteiger partial charge in [0.15, 0.2) is 0 Å². The molecule has 0 bridgehead atoms. The average molecular weight is 241 g/mol. The number of amides is 1. The number of aryl methyl sites for hydroxylation is 2. The van der Waals surface area contributed by atoms with E-state index in [0.717, 1.165) is 18.5 Å². The Bertz CT molecular complexity index is 391. The Hall–Kier alpha value is -1.06. The first-order valence-corrected chi connectivity index (χ1v) is 5.35. The lowest BCUT2D eigenvalue weighted by atomic mass is 10.1. The van der Waals surface area contributed by atoms with Crippen LogP contribution in [0, 0.1) is 0 Å². The fourth-order valence-corrected chi connectivity index (χ4v) is 1.91. The van der Waals surface area contributed by atoms with Crippen molar-refractivity contribution in [3.05, 3.63) is 29.3 Å². The summed E-state index contributed by atoms with van der Waals surface area (Å²) in [5.74, 6) is -0.132. The summed E-state index contributed by atoms with van der Waals surface area (Å²) in [4.78, 5) is 11.4. The van der Waals surface area contributed by atoms with Crippen molar-refractivity contribution in [1.82, 2.24) is 0 Å². The van der Waals surface area contributed by atoms with Gasteiger partial charge in [-0.25, -0.2) is 0 Å². The second-order valence-corrected chi connectivity index (χ2v) is 4.11. The Morgan fingerprint density at radius 1 is 1.38 bits per heavy atom. The largest absolute Gasteiger partial charge is 0.325 e. The minimum atomic E-state index is -0.460. The zero-order chi connectivity index (χ0) is 10.8. The van der Waals surface area contributed by atoms with Crippen molar-refractivity contribution in [2.75, 3.05) is 5.32 Å². The van der Waals surface area contributed by atoms with Crippen LogP contribution in [0.2, 0.25) is 0 Å². The van der Waals surface area contributed by atoms with Crippen LogP contribution in [0.4, 0.5) is 5.69 Å². The minimum absolute atomic E-state index is 0. The van der Waals surface area contributed by atoms with E-state index >= 15 is 0 Å². The van der Waals surface area contributed by atoms with Gasteiger partial charge < -0.3 is 11.1 Å². The molecule has 0 radical (unpaired) electrons. The minimum Gasteiger partial charge on any atom is -0.325 e. The lowest BCUT2D eigenvalue weighted by Crippen LogP contribution is -2.32. The summed E-state index contributed by atoms with van der Waals surface area (Å²) in [6, 6.07) is 5.64. The highest BCUT2D eigenvalue weighted by Crippen LogP contribution is 2.24. The van der Waals surface area contributed by atoms with Gasteiger partial charge in [0.2, 0.25) is 5.91 Å². The lowest BCUT2D eigenvalue weighted by Gasteiger charge is -2.09. The fraction of sp³-hybridized carbons (Fsp3) is 0.417. The number of halogens is 1. The van der Waals surface area contributed by atoms with Crippen LogP contribution >= 0.6 is 12.4 Å². The molecule has 0 fully saturated rings. The van der Waals surface area contributed by atoms with Crippen molar-refractivity contribution in [3.8, 4) is 0 Å². The monoisotopic (exact) mass is 240 g/mol. The molecule has 88 valence electrons. The number of hydrogen-bond donors (Lipinski definition) is 2. The van der Waals surface area contributed by atoms with Crippen molar-refractivity contribution in [2.45, 2.75) is 32.2 Å². The molecule has 0 saturated carbocycles. The van der Waals surface area contributed by atoms with Crippen LogP contribution in [0.5, 0.6) is 0 Å². The molecule has 0 heterocycles. The average Bonchev–Trinajstić information content (AvgIpc) is 2.64. The zero-order valence-corrected chi connectivity index (χ0v) is 10.1. The Labute approximate surface area is 102 Å². The van der Waals surface area contributed by atoms with Crippen LogP contribution in [0.15, 0.2) is 18.2 Å². The standard InChI is InChI=1S/C12H16N2O.ClH/c1-8(13)12(15)14-11-6-5-9-3-2-4-10(9)7-11;/h5-8H,2-4,13H2,1H3,(H,14,15);1H/t8-;/m0./s1. The van der Waals surface area contributed by atoms with Gasteiger partial charge in [-0.15, -0.1) is 12.4 Å². The van der Waals surface area contributed by atoms with Crippen LogP contribution in [-0.4, -0.2) is 11.9 Å². The second kappa shape index (κ2) is 5.32. The fourth-order valence-electron chi connectivity index (χ4n) is 1.91. The van der Waals surface area contributed by atoms with Crippen molar-refractivity contribution in [2.24, 2.45) is 5.73 Å². The highest BCUT2D eigenvalue weighted by atomic mass is 35.5. The Balaban J connectivity index is 0.00000128. The van der Waals surface area contributed by atoms with Gasteiger partial charge in [-0.3, -0.25) is 4.79 Å². The number of benzene rings is 1. The number of carbonyl (C=O) groups is 1. The van der Waals surface area contributed by atoms with Crippen molar-refractivity contribution in [1.29, 1.82) is 0 Å². The first-order chi connectivity index (χ1) is 7.16. The van der Waals surface area contributed by atoms with Gasteiger partial charge >= 0.3 is 0 Å². The first-order valence-electron chi connectivity index (χ1n) is 5.35. The summed E-state index contributed by atoms with van der Waals surface area (Å²) in [6.45, 7) is 1.68. The van der Waals surface area contributed by atoms with E-state index in [9.17, 15) is 4.79 Å². The Morgan fingerprint density at radius 2 is 2.06 bits per heavy atom. The summed E-state index contributed by atoms with van der Waals surface area (Å²) in [6.07, 6.45) is 3.51.